The number of hydrogen-bond donors (Lipinski definition) is 2. The van der Waals surface area contributed by atoms with Crippen LogP contribution < -0.4 is 4.74 Å². The average Bonchev–Trinajstić information content (AvgIpc) is 3.31. The van der Waals surface area contributed by atoms with Crippen molar-refractivity contribution >= 4 is 17.8 Å². The number of aromatic nitrogens is 2. The summed E-state index contributed by atoms with van der Waals surface area (Å²) in [6.07, 6.45) is -4.96. The molecule has 2 aliphatic heterocycles. The molecular weight excluding hydrogens is 544 g/mol. The zero-order valence-corrected chi connectivity index (χ0v) is 20.0. The number of pyridine rings is 2. The predicted molar refractivity (Wildman–Crippen MR) is 119 cm³/mol. The third-order valence-electron chi connectivity index (χ3n) is 5.57. The van der Waals surface area contributed by atoms with Gasteiger partial charge in [0.25, 0.3) is 5.91 Å². The fourth-order valence-corrected chi connectivity index (χ4v) is 3.73. The van der Waals surface area contributed by atoms with E-state index in [0.717, 1.165) is 12.8 Å². The number of carbonyl (C=O) groups excluding carboxylic acids is 1. The Morgan fingerprint density at radius 1 is 0.974 bits per heavy atom. The minimum absolute atomic E-state index is 0.0249. The number of likely N-dealkylation sites (tertiary alicyclic amines) is 1. The van der Waals surface area contributed by atoms with Crippen molar-refractivity contribution in [3.8, 4) is 5.88 Å². The standard InChI is InChI=1S/C19H21N3O3.2C2HF3O2/c23-18(15-5-1-3-9-20-15)22-11-7-16-19(13-22,8-12-24-16)14-25-17-6-2-4-10-21-17;2*3-2(4,5)1(6)7/h1-6,9-10,16H,7-8,11-14H2;2*(H,6,7)/t16-,19+;;/m1../s1. The van der Waals surface area contributed by atoms with E-state index in [4.69, 9.17) is 29.3 Å². The van der Waals surface area contributed by atoms with Crippen molar-refractivity contribution < 1.29 is 60.4 Å². The van der Waals surface area contributed by atoms with Gasteiger partial charge in [0.2, 0.25) is 5.88 Å². The van der Waals surface area contributed by atoms with Crippen LogP contribution in [0.5, 0.6) is 5.88 Å². The van der Waals surface area contributed by atoms with Crippen molar-refractivity contribution in [1.82, 2.24) is 14.9 Å². The smallest absolute Gasteiger partial charge is 0.477 e. The molecule has 2 atom stereocenters. The van der Waals surface area contributed by atoms with Crippen molar-refractivity contribution in [3.05, 3.63) is 54.5 Å². The fraction of sp³-hybridized carbons (Fsp3) is 0.435. The maximum atomic E-state index is 12.8. The van der Waals surface area contributed by atoms with Crippen LogP contribution in [-0.2, 0) is 14.3 Å². The van der Waals surface area contributed by atoms with E-state index in [1.54, 1.807) is 18.5 Å². The van der Waals surface area contributed by atoms with E-state index in [9.17, 15) is 31.1 Å². The van der Waals surface area contributed by atoms with Gasteiger partial charge in [-0.3, -0.25) is 9.78 Å². The van der Waals surface area contributed by atoms with Gasteiger partial charge >= 0.3 is 24.3 Å². The predicted octanol–water partition coefficient (Wildman–Crippen LogP) is 3.44. The third kappa shape index (κ3) is 9.38. The van der Waals surface area contributed by atoms with E-state index in [1.165, 1.54) is 0 Å². The minimum Gasteiger partial charge on any atom is -0.477 e. The lowest BCUT2D eigenvalue weighted by Gasteiger charge is -2.43. The van der Waals surface area contributed by atoms with E-state index in [1.807, 2.05) is 35.2 Å². The number of nitrogens with zero attached hydrogens (tertiary/aromatic N) is 3. The summed E-state index contributed by atoms with van der Waals surface area (Å²) in [6, 6.07) is 11.0. The number of ether oxygens (including phenoxy) is 2. The Kier molecular flexibility index (Phi) is 10.6. The molecule has 0 radical (unpaired) electrons. The number of hydrogen-bond acceptors (Lipinski definition) is 7. The molecule has 0 spiro atoms. The summed E-state index contributed by atoms with van der Waals surface area (Å²) in [7, 11) is 0. The summed E-state index contributed by atoms with van der Waals surface area (Å²) in [5.74, 6) is -4.93. The lowest BCUT2D eigenvalue weighted by atomic mass is 9.77. The summed E-state index contributed by atoms with van der Waals surface area (Å²) < 4.78 is 75.3. The number of carboxylic acids is 2. The molecule has 2 aromatic rings. The van der Waals surface area contributed by atoms with E-state index in [0.29, 0.717) is 37.9 Å². The molecule has 0 aliphatic carbocycles. The highest BCUT2D eigenvalue weighted by molar-refractivity contribution is 5.92. The molecule has 2 fully saturated rings. The zero-order chi connectivity index (χ0) is 29.3. The maximum Gasteiger partial charge on any atom is 0.490 e. The lowest BCUT2D eigenvalue weighted by molar-refractivity contribution is -0.193. The topological polar surface area (TPSA) is 139 Å². The molecule has 0 bridgehead atoms. The molecule has 0 aromatic carbocycles. The van der Waals surface area contributed by atoms with Gasteiger partial charge in [0.05, 0.1) is 18.1 Å². The molecule has 1 amide bonds. The maximum absolute atomic E-state index is 12.8. The Labute approximate surface area is 217 Å². The van der Waals surface area contributed by atoms with Crippen LogP contribution in [0.4, 0.5) is 26.3 Å². The number of amides is 1. The van der Waals surface area contributed by atoms with Gasteiger partial charge in [0, 0.05) is 38.2 Å². The van der Waals surface area contributed by atoms with Crippen molar-refractivity contribution in [2.75, 3.05) is 26.3 Å². The van der Waals surface area contributed by atoms with Crippen LogP contribution >= 0.6 is 0 Å². The second-order valence-electron chi connectivity index (χ2n) is 8.26. The van der Waals surface area contributed by atoms with Gasteiger partial charge in [-0.15, -0.1) is 0 Å². The molecule has 39 heavy (non-hydrogen) atoms. The molecule has 0 unspecified atom stereocenters. The first kappa shape index (κ1) is 31.3. The van der Waals surface area contributed by atoms with Crippen LogP contribution in [0.2, 0.25) is 0 Å². The van der Waals surface area contributed by atoms with Crippen molar-refractivity contribution in [2.45, 2.75) is 31.3 Å². The summed E-state index contributed by atoms with van der Waals surface area (Å²) >= 11 is 0. The highest BCUT2D eigenvalue weighted by Gasteiger charge is 2.49. The molecule has 2 saturated heterocycles. The SMILES string of the molecule is O=C(O)C(F)(F)F.O=C(O)C(F)(F)F.O=C(c1ccccn1)N1CC[C@H]2OCC[C@@]2(COc2ccccn2)C1. The van der Waals surface area contributed by atoms with Crippen molar-refractivity contribution in [2.24, 2.45) is 5.41 Å². The van der Waals surface area contributed by atoms with Crippen LogP contribution in [-0.4, -0.2) is 87.7 Å². The first-order chi connectivity index (χ1) is 18.2. The third-order valence-corrected chi connectivity index (χ3v) is 5.57. The Morgan fingerprint density at radius 3 is 2.03 bits per heavy atom. The van der Waals surface area contributed by atoms with Crippen LogP contribution in [0.25, 0.3) is 0 Å². The van der Waals surface area contributed by atoms with Crippen LogP contribution in [0.1, 0.15) is 23.3 Å². The normalized spacial score (nSPS) is 20.4. The van der Waals surface area contributed by atoms with Crippen LogP contribution in [0.3, 0.4) is 0 Å². The van der Waals surface area contributed by atoms with Crippen LogP contribution in [0, 0.1) is 5.41 Å². The molecule has 10 nitrogen and oxygen atoms in total. The monoisotopic (exact) mass is 567 g/mol. The molecule has 0 saturated carbocycles. The highest BCUT2D eigenvalue weighted by Crippen LogP contribution is 2.41. The molecule has 214 valence electrons. The van der Waals surface area contributed by atoms with Crippen molar-refractivity contribution in [1.29, 1.82) is 0 Å². The minimum atomic E-state index is -5.08. The molecule has 2 aliphatic rings. The molecule has 16 heteroatoms. The van der Waals surface area contributed by atoms with Gasteiger partial charge in [-0.25, -0.2) is 14.6 Å². The first-order valence-electron chi connectivity index (χ1n) is 11.1. The number of piperidine rings is 1. The highest BCUT2D eigenvalue weighted by atomic mass is 19.4. The van der Waals surface area contributed by atoms with E-state index in [2.05, 4.69) is 9.97 Å². The van der Waals surface area contributed by atoms with Gasteiger partial charge in [0.15, 0.2) is 0 Å². The molecule has 4 rings (SSSR count). The van der Waals surface area contributed by atoms with Crippen LogP contribution in [0.15, 0.2) is 48.8 Å². The largest absolute Gasteiger partial charge is 0.490 e. The van der Waals surface area contributed by atoms with Gasteiger partial charge in [-0.1, -0.05) is 12.1 Å². The second-order valence-corrected chi connectivity index (χ2v) is 8.26. The summed E-state index contributed by atoms with van der Waals surface area (Å²) in [5, 5.41) is 14.2. The molecule has 4 heterocycles. The molecule has 2 aromatic heterocycles. The van der Waals surface area contributed by atoms with E-state index in [-0.39, 0.29) is 17.4 Å². The number of rotatable bonds is 4. The second kappa shape index (κ2) is 13.2. The number of halogens is 6. The fourth-order valence-electron chi connectivity index (χ4n) is 3.73. The molecule has 2 N–H and O–H groups in total. The zero-order valence-electron chi connectivity index (χ0n) is 20.0. The summed E-state index contributed by atoms with van der Waals surface area (Å²) in [5.41, 5.74) is 0.306. The van der Waals surface area contributed by atoms with E-state index >= 15 is 0 Å². The van der Waals surface area contributed by atoms with Gasteiger partial charge in [0.1, 0.15) is 5.69 Å². The quantitative estimate of drug-likeness (QED) is 0.532. The lowest BCUT2D eigenvalue weighted by Crippen LogP contribution is -2.54. The average molecular weight is 567 g/mol. The number of carbonyl (C=O) groups is 3. The summed E-state index contributed by atoms with van der Waals surface area (Å²) in [6.45, 7) is 2.52. The number of alkyl halides is 6. The Hall–Kier alpha value is -3.95. The van der Waals surface area contributed by atoms with Gasteiger partial charge in [-0.2, -0.15) is 26.3 Å². The number of aliphatic carboxylic acids is 2. The van der Waals surface area contributed by atoms with Gasteiger partial charge < -0.3 is 24.6 Å². The Balaban J connectivity index is 0.000000317. The molecular formula is C23H23F6N3O7. The number of carboxylic acid groups (broad SMARTS) is 2. The Morgan fingerprint density at radius 2 is 1.54 bits per heavy atom. The van der Waals surface area contributed by atoms with E-state index < -0.39 is 24.3 Å². The summed E-state index contributed by atoms with van der Waals surface area (Å²) in [4.78, 5) is 40.9. The first-order valence-corrected chi connectivity index (χ1v) is 11.1. The number of fused-ring (bicyclic) bond motifs is 1. The Bertz CT molecular complexity index is 1080. The van der Waals surface area contributed by atoms with Gasteiger partial charge in [-0.05, 0) is 31.0 Å². The van der Waals surface area contributed by atoms with Crippen molar-refractivity contribution in [3.63, 3.8) is 0 Å².